The number of pyridine rings is 1. The van der Waals surface area contributed by atoms with Gasteiger partial charge >= 0.3 is 0 Å². The molecule has 0 spiro atoms. The van der Waals surface area contributed by atoms with E-state index in [1.165, 1.54) is 32.1 Å². The molecule has 1 aromatic carbocycles. The van der Waals surface area contributed by atoms with Gasteiger partial charge in [0.25, 0.3) is 0 Å². The van der Waals surface area contributed by atoms with Crippen LogP contribution in [0.15, 0.2) is 36.5 Å². The number of hydrogen-bond donors (Lipinski definition) is 3. The molecule has 4 N–H and O–H groups in total. The summed E-state index contributed by atoms with van der Waals surface area (Å²) in [6.45, 7) is 0. The van der Waals surface area contributed by atoms with E-state index in [2.05, 4.69) is 38.7 Å². The molecule has 1 aliphatic carbocycles. The number of nitrogen functional groups attached to an aromatic ring is 1. The Morgan fingerprint density at radius 1 is 1.04 bits per heavy atom. The summed E-state index contributed by atoms with van der Waals surface area (Å²) in [6.07, 6.45) is 8.33. The second kappa shape index (κ2) is 5.91. The predicted octanol–water partition coefficient (Wildman–Crippen LogP) is 3.95. The molecule has 5 nitrogen and oxygen atoms in total. The van der Waals surface area contributed by atoms with Gasteiger partial charge in [0.05, 0.1) is 5.52 Å². The molecule has 1 saturated carbocycles. The summed E-state index contributed by atoms with van der Waals surface area (Å²) < 4.78 is 0. The first-order valence-corrected chi connectivity index (χ1v) is 8.26. The smallest absolute Gasteiger partial charge is 0.153 e. The summed E-state index contributed by atoms with van der Waals surface area (Å²) in [5.41, 5.74) is 9.13. The largest absolute Gasteiger partial charge is 0.382 e. The molecule has 0 saturated heterocycles. The van der Waals surface area contributed by atoms with Crippen LogP contribution in [0.1, 0.15) is 32.1 Å². The van der Waals surface area contributed by atoms with E-state index in [4.69, 9.17) is 5.73 Å². The quantitative estimate of drug-likeness (QED) is 0.684. The van der Waals surface area contributed by atoms with Crippen LogP contribution in [0.4, 0.5) is 11.6 Å². The molecule has 0 aliphatic heterocycles. The van der Waals surface area contributed by atoms with Gasteiger partial charge in [-0.05, 0) is 48.2 Å². The number of nitrogens with two attached hydrogens (primary N) is 1. The topological polar surface area (TPSA) is 79.6 Å². The minimum Gasteiger partial charge on any atom is -0.382 e. The molecule has 0 atom stereocenters. The lowest BCUT2D eigenvalue weighted by molar-refractivity contribution is 0.462. The van der Waals surface area contributed by atoms with Crippen LogP contribution in [0.2, 0.25) is 0 Å². The van der Waals surface area contributed by atoms with E-state index in [-0.39, 0.29) is 0 Å². The lowest BCUT2D eigenvalue weighted by Gasteiger charge is -2.23. The Bertz CT molecular complexity index is 817. The summed E-state index contributed by atoms with van der Waals surface area (Å²) in [6, 6.07) is 10.9. The van der Waals surface area contributed by atoms with Crippen molar-refractivity contribution in [3.05, 3.63) is 36.5 Å². The van der Waals surface area contributed by atoms with Crippen molar-refractivity contribution in [2.75, 3.05) is 11.1 Å². The first-order valence-electron chi connectivity index (χ1n) is 8.26. The van der Waals surface area contributed by atoms with Crippen LogP contribution in [-0.4, -0.2) is 21.2 Å². The molecule has 0 amide bonds. The molecular weight excluding hydrogens is 286 g/mol. The zero-order chi connectivity index (χ0) is 15.6. The van der Waals surface area contributed by atoms with Gasteiger partial charge in [0.15, 0.2) is 5.82 Å². The van der Waals surface area contributed by atoms with Gasteiger partial charge in [-0.15, -0.1) is 0 Å². The molecule has 2 aromatic heterocycles. The van der Waals surface area contributed by atoms with Gasteiger partial charge in [-0.1, -0.05) is 25.3 Å². The van der Waals surface area contributed by atoms with E-state index < -0.39 is 0 Å². The molecule has 5 heteroatoms. The Morgan fingerprint density at radius 2 is 1.87 bits per heavy atom. The number of fused-ring (bicyclic) bond motifs is 1. The highest BCUT2D eigenvalue weighted by molar-refractivity contribution is 5.92. The van der Waals surface area contributed by atoms with E-state index in [9.17, 15) is 0 Å². The number of nitrogens with zero attached hydrogens (tertiary/aromatic N) is 2. The number of rotatable bonds is 3. The van der Waals surface area contributed by atoms with Crippen molar-refractivity contribution < 1.29 is 0 Å². The lowest BCUT2D eigenvalue weighted by atomic mass is 9.95. The van der Waals surface area contributed by atoms with Crippen LogP contribution in [0.3, 0.4) is 0 Å². The standard InChI is InChI=1S/C18H21N5/c19-18-15-10-12(6-7-16(15)22-23-18)13-8-9-20-17(11-13)21-14-4-2-1-3-5-14/h6-11,14H,1-5H2,(H,20,21)(H3,19,22,23). The number of aromatic amines is 1. The van der Waals surface area contributed by atoms with Gasteiger partial charge in [0.1, 0.15) is 5.82 Å². The Hall–Kier alpha value is -2.56. The predicted molar refractivity (Wildman–Crippen MR) is 94.2 cm³/mol. The fourth-order valence-corrected chi connectivity index (χ4v) is 3.36. The maximum atomic E-state index is 5.91. The Labute approximate surface area is 135 Å². The van der Waals surface area contributed by atoms with Crippen LogP contribution in [0.25, 0.3) is 22.0 Å². The van der Waals surface area contributed by atoms with Crippen molar-refractivity contribution in [2.24, 2.45) is 0 Å². The molecular formula is C18H21N5. The molecule has 0 radical (unpaired) electrons. The van der Waals surface area contributed by atoms with E-state index >= 15 is 0 Å². The molecule has 2 heterocycles. The summed E-state index contributed by atoms with van der Waals surface area (Å²) in [5, 5.41) is 11.5. The maximum Gasteiger partial charge on any atom is 0.153 e. The first kappa shape index (κ1) is 14.1. The molecule has 4 rings (SSSR count). The van der Waals surface area contributed by atoms with Crippen LogP contribution in [-0.2, 0) is 0 Å². The molecule has 118 valence electrons. The zero-order valence-corrected chi connectivity index (χ0v) is 13.0. The third kappa shape index (κ3) is 2.86. The van der Waals surface area contributed by atoms with E-state index in [0.29, 0.717) is 11.9 Å². The van der Waals surface area contributed by atoms with Gasteiger partial charge in [-0.3, -0.25) is 5.10 Å². The Kier molecular flexibility index (Phi) is 3.61. The van der Waals surface area contributed by atoms with Crippen molar-refractivity contribution in [1.29, 1.82) is 0 Å². The van der Waals surface area contributed by atoms with Gasteiger partial charge in [-0.2, -0.15) is 5.10 Å². The fourth-order valence-electron chi connectivity index (χ4n) is 3.36. The molecule has 1 fully saturated rings. The van der Waals surface area contributed by atoms with Crippen LogP contribution in [0.5, 0.6) is 0 Å². The van der Waals surface area contributed by atoms with Crippen molar-refractivity contribution >= 4 is 22.5 Å². The van der Waals surface area contributed by atoms with E-state index in [1.54, 1.807) is 0 Å². The highest BCUT2D eigenvalue weighted by Gasteiger charge is 2.13. The third-order valence-corrected chi connectivity index (χ3v) is 4.64. The molecule has 0 unspecified atom stereocenters. The number of aromatic nitrogens is 3. The average molecular weight is 307 g/mol. The second-order valence-corrected chi connectivity index (χ2v) is 6.28. The van der Waals surface area contributed by atoms with Gasteiger partial charge in [0.2, 0.25) is 0 Å². The number of anilines is 2. The van der Waals surface area contributed by atoms with Gasteiger partial charge in [0, 0.05) is 17.6 Å². The Balaban J connectivity index is 1.62. The minimum atomic E-state index is 0.538. The van der Waals surface area contributed by atoms with Crippen molar-refractivity contribution in [3.63, 3.8) is 0 Å². The van der Waals surface area contributed by atoms with Gasteiger partial charge in [-0.25, -0.2) is 4.98 Å². The zero-order valence-electron chi connectivity index (χ0n) is 13.0. The van der Waals surface area contributed by atoms with Gasteiger partial charge < -0.3 is 11.1 Å². The second-order valence-electron chi connectivity index (χ2n) is 6.28. The molecule has 23 heavy (non-hydrogen) atoms. The van der Waals surface area contributed by atoms with E-state index in [1.807, 2.05) is 18.3 Å². The Morgan fingerprint density at radius 3 is 2.74 bits per heavy atom. The van der Waals surface area contributed by atoms with Crippen molar-refractivity contribution in [2.45, 2.75) is 38.1 Å². The number of benzene rings is 1. The summed E-state index contributed by atoms with van der Waals surface area (Å²) in [5.74, 6) is 1.49. The summed E-state index contributed by atoms with van der Waals surface area (Å²) in [7, 11) is 0. The van der Waals surface area contributed by atoms with Crippen LogP contribution in [0, 0.1) is 0 Å². The first-order chi connectivity index (χ1) is 11.3. The number of nitrogens with one attached hydrogen (secondary N) is 2. The van der Waals surface area contributed by atoms with Crippen LogP contribution < -0.4 is 11.1 Å². The monoisotopic (exact) mass is 307 g/mol. The highest BCUT2D eigenvalue weighted by Crippen LogP contribution is 2.28. The van der Waals surface area contributed by atoms with E-state index in [0.717, 1.165) is 27.8 Å². The van der Waals surface area contributed by atoms with Crippen molar-refractivity contribution in [1.82, 2.24) is 15.2 Å². The number of H-pyrrole nitrogens is 1. The average Bonchev–Trinajstić information content (AvgIpc) is 2.97. The third-order valence-electron chi connectivity index (χ3n) is 4.64. The van der Waals surface area contributed by atoms with Crippen LogP contribution >= 0.6 is 0 Å². The summed E-state index contributed by atoms with van der Waals surface area (Å²) in [4.78, 5) is 4.47. The minimum absolute atomic E-state index is 0.538. The fraction of sp³-hybridized carbons (Fsp3) is 0.333. The molecule has 0 bridgehead atoms. The SMILES string of the molecule is Nc1n[nH]c2ccc(-c3ccnc(NC4CCCCC4)c3)cc12. The highest BCUT2D eigenvalue weighted by atomic mass is 15.1. The number of hydrogen-bond acceptors (Lipinski definition) is 4. The molecule has 3 aromatic rings. The summed E-state index contributed by atoms with van der Waals surface area (Å²) >= 11 is 0. The lowest BCUT2D eigenvalue weighted by Crippen LogP contribution is -2.22. The molecule has 1 aliphatic rings. The maximum absolute atomic E-state index is 5.91. The van der Waals surface area contributed by atoms with Crippen molar-refractivity contribution in [3.8, 4) is 11.1 Å². The normalized spacial score (nSPS) is 15.8.